The largest absolute Gasteiger partial charge is 0.337 e. The van der Waals surface area contributed by atoms with E-state index in [9.17, 15) is 10.1 Å². The van der Waals surface area contributed by atoms with Gasteiger partial charge in [0, 0.05) is 19.3 Å². The quantitative estimate of drug-likeness (QED) is 0.644. The maximum atomic E-state index is 10.6. The average molecular weight is 244 g/mol. The van der Waals surface area contributed by atoms with Crippen LogP contribution in [0.3, 0.4) is 0 Å². The number of nitrogens with zero attached hydrogens (tertiary/aromatic N) is 5. The molecular formula is C10H8N6O2. The Labute approximate surface area is 102 Å². The van der Waals surface area contributed by atoms with Crippen molar-refractivity contribution in [2.24, 2.45) is 7.05 Å². The van der Waals surface area contributed by atoms with E-state index in [1.807, 2.05) is 6.07 Å². The molecule has 0 amide bonds. The number of anilines is 2. The second-order valence-electron chi connectivity index (χ2n) is 3.49. The molecule has 0 atom stereocenters. The maximum Gasteiger partial charge on any atom is 0.289 e. The van der Waals surface area contributed by atoms with Gasteiger partial charge in [-0.3, -0.25) is 14.8 Å². The first-order valence-corrected chi connectivity index (χ1v) is 4.90. The standard InChI is InChI=1S/C10H8N6O2/c1-15-6-8(4-13-15)14-10-7(3-11)2-9(5-12-10)16(17)18/h2,4-6H,1H3,(H,12,14). The molecule has 0 unspecified atom stereocenters. The minimum absolute atomic E-state index is 0.105. The van der Waals surface area contributed by atoms with Gasteiger partial charge in [-0.15, -0.1) is 0 Å². The molecule has 90 valence electrons. The number of nitro groups is 1. The molecule has 0 bridgehead atoms. The van der Waals surface area contributed by atoms with Gasteiger partial charge in [-0.2, -0.15) is 10.4 Å². The molecule has 18 heavy (non-hydrogen) atoms. The van der Waals surface area contributed by atoms with Crippen LogP contribution in [0.15, 0.2) is 24.7 Å². The third kappa shape index (κ3) is 2.25. The summed E-state index contributed by atoms with van der Waals surface area (Å²) in [5.74, 6) is 0.260. The topological polar surface area (TPSA) is 110 Å². The van der Waals surface area contributed by atoms with E-state index in [0.29, 0.717) is 5.69 Å². The Morgan fingerprint density at radius 3 is 2.89 bits per heavy atom. The van der Waals surface area contributed by atoms with Gasteiger partial charge in [0.2, 0.25) is 0 Å². The number of aryl methyl sites for hydroxylation is 1. The molecule has 0 radical (unpaired) electrons. The van der Waals surface area contributed by atoms with Gasteiger partial charge >= 0.3 is 0 Å². The molecule has 0 aromatic carbocycles. The molecule has 0 spiro atoms. The van der Waals surface area contributed by atoms with E-state index in [0.717, 1.165) is 6.20 Å². The van der Waals surface area contributed by atoms with Crippen molar-refractivity contribution in [1.29, 1.82) is 5.26 Å². The number of pyridine rings is 1. The summed E-state index contributed by atoms with van der Waals surface area (Å²) in [6.45, 7) is 0. The molecule has 0 fully saturated rings. The average Bonchev–Trinajstić information content (AvgIpc) is 2.75. The molecule has 2 heterocycles. The first kappa shape index (κ1) is 11.5. The van der Waals surface area contributed by atoms with Crippen molar-refractivity contribution < 1.29 is 4.92 Å². The van der Waals surface area contributed by atoms with Crippen LogP contribution in [0.2, 0.25) is 0 Å². The monoisotopic (exact) mass is 244 g/mol. The minimum Gasteiger partial charge on any atom is -0.337 e. The lowest BCUT2D eigenvalue weighted by Gasteiger charge is -2.03. The normalized spacial score (nSPS) is 9.78. The molecule has 8 nitrogen and oxygen atoms in total. The Morgan fingerprint density at radius 2 is 2.33 bits per heavy atom. The van der Waals surface area contributed by atoms with Gasteiger partial charge in [0.1, 0.15) is 23.6 Å². The van der Waals surface area contributed by atoms with Crippen molar-refractivity contribution in [2.75, 3.05) is 5.32 Å². The number of nitriles is 1. The van der Waals surface area contributed by atoms with Crippen molar-refractivity contribution in [2.45, 2.75) is 0 Å². The lowest BCUT2D eigenvalue weighted by Crippen LogP contribution is -1.98. The number of rotatable bonds is 3. The molecule has 0 aliphatic carbocycles. The van der Waals surface area contributed by atoms with E-state index in [1.165, 1.54) is 6.07 Å². The molecule has 0 aliphatic rings. The van der Waals surface area contributed by atoms with Gasteiger partial charge in [0.05, 0.1) is 16.8 Å². The molecule has 1 N–H and O–H groups in total. The fourth-order valence-electron chi connectivity index (χ4n) is 1.36. The Kier molecular flexibility index (Phi) is 2.89. The third-order valence-corrected chi connectivity index (χ3v) is 2.17. The van der Waals surface area contributed by atoms with Gasteiger partial charge in [-0.05, 0) is 0 Å². The number of hydrogen-bond acceptors (Lipinski definition) is 6. The van der Waals surface area contributed by atoms with Gasteiger partial charge in [0.15, 0.2) is 0 Å². The number of nitrogens with one attached hydrogen (secondary N) is 1. The third-order valence-electron chi connectivity index (χ3n) is 2.17. The van der Waals surface area contributed by atoms with Gasteiger partial charge < -0.3 is 5.32 Å². The summed E-state index contributed by atoms with van der Waals surface area (Å²) >= 11 is 0. The van der Waals surface area contributed by atoms with Gasteiger partial charge in [-0.1, -0.05) is 0 Å². The van der Waals surface area contributed by atoms with E-state index in [2.05, 4.69) is 15.4 Å². The molecule has 2 aromatic rings. The van der Waals surface area contributed by atoms with Crippen LogP contribution in [-0.4, -0.2) is 19.7 Å². The first-order chi connectivity index (χ1) is 8.60. The minimum atomic E-state index is -0.596. The van der Waals surface area contributed by atoms with Crippen LogP contribution >= 0.6 is 0 Å². The summed E-state index contributed by atoms with van der Waals surface area (Å²) in [6.07, 6.45) is 4.36. The predicted octanol–water partition coefficient (Wildman–Crippen LogP) is 1.34. The van der Waals surface area contributed by atoms with Gasteiger partial charge in [0.25, 0.3) is 5.69 Å². The Bertz CT molecular complexity index is 642. The van der Waals surface area contributed by atoms with Crippen molar-refractivity contribution in [3.05, 3.63) is 40.3 Å². The predicted molar refractivity (Wildman–Crippen MR) is 62.1 cm³/mol. The lowest BCUT2D eigenvalue weighted by molar-refractivity contribution is -0.385. The van der Waals surface area contributed by atoms with E-state index >= 15 is 0 Å². The zero-order valence-electron chi connectivity index (χ0n) is 9.36. The van der Waals surface area contributed by atoms with Crippen LogP contribution in [-0.2, 0) is 7.05 Å². The second-order valence-corrected chi connectivity index (χ2v) is 3.49. The molecule has 0 saturated carbocycles. The Balaban J connectivity index is 2.34. The maximum absolute atomic E-state index is 10.6. The van der Waals surface area contributed by atoms with E-state index in [4.69, 9.17) is 5.26 Å². The molecule has 8 heteroatoms. The number of hydrogen-bond donors (Lipinski definition) is 1. The highest BCUT2D eigenvalue weighted by atomic mass is 16.6. The van der Waals surface area contributed by atoms with Crippen molar-refractivity contribution in [3.8, 4) is 6.07 Å². The molecule has 2 rings (SSSR count). The van der Waals surface area contributed by atoms with Gasteiger partial charge in [-0.25, -0.2) is 4.98 Å². The summed E-state index contributed by atoms with van der Waals surface area (Å²) < 4.78 is 1.58. The van der Waals surface area contributed by atoms with E-state index < -0.39 is 4.92 Å². The SMILES string of the molecule is Cn1cc(Nc2ncc([N+](=O)[O-])cc2C#N)cn1. The van der Waals surface area contributed by atoms with Crippen LogP contribution in [0.1, 0.15) is 5.56 Å². The van der Waals surface area contributed by atoms with Crippen LogP contribution in [0.5, 0.6) is 0 Å². The van der Waals surface area contributed by atoms with E-state index in [1.54, 1.807) is 24.1 Å². The molecule has 2 aromatic heterocycles. The summed E-state index contributed by atoms with van der Waals surface area (Å²) in [6, 6.07) is 3.03. The second kappa shape index (κ2) is 4.50. The molecule has 0 aliphatic heterocycles. The zero-order valence-corrected chi connectivity index (χ0v) is 9.36. The summed E-state index contributed by atoms with van der Waals surface area (Å²) in [5.41, 5.74) is 0.534. The highest BCUT2D eigenvalue weighted by Gasteiger charge is 2.12. The highest BCUT2D eigenvalue weighted by molar-refractivity contribution is 5.63. The zero-order chi connectivity index (χ0) is 13.1. The summed E-state index contributed by atoms with van der Waals surface area (Å²) in [4.78, 5) is 13.8. The fraction of sp³-hybridized carbons (Fsp3) is 0.100. The lowest BCUT2D eigenvalue weighted by atomic mass is 10.2. The van der Waals surface area contributed by atoms with Crippen molar-refractivity contribution in [1.82, 2.24) is 14.8 Å². The highest BCUT2D eigenvalue weighted by Crippen LogP contribution is 2.21. The Morgan fingerprint density at radius 1 is 1.56 bits per heavy atom. The van der Waals surface area contributed by atoms with E-state index in [-0.39, 0.29) is 17.1 Å². The van der Waals surface area contributed by atoms with Crippen LogP contribution in [0, 0.1) is 21.4 Å². The van der Waals surface area contributed by atoms with Crippen molar-refractivity contribution in [3.63, 3.8) is 0 Å². The summed E-state index contributed by atoms with van der Waals surface area (Å²) in [7, 11) is 1.75. The molecule has 0 saturated heterocycles. The van der Waals surface area contributed by atoms with Crippen LogP contribution in [0.4, 0.5) is 17.2 Å². The Hall–Kier alpha value is -2.95. The number of aromatic nitrogens is 3. The smallest absolute Gasteiger partial charge is 0.289 e. The van der Waals surface area contributed by atoms with Crippen molar-refractivity contribution >= 4 is 17.2 Å². The fourth-order valence-corrected chi connectivity index (χ4v) is 1.36. The first-order valence-electron chi connectivity index (χ1n) is 4.90. The van der Waals surface area contributed by atoms with Crippen LogP contribution < -0.4 is 5.32 Å². The molecular weight excluding hydrogens is 236 g/mol. The van der Waals surface area contributed by atoms with Crippen LogP contribution in [0.25, 0.3) is 0 Å². The summed E-state index contributed by atoms with van der Waals surface area (Å²) in [5, 5.41) is 26.3.